The Morgan fingerprint density at radius 2 is 2.46 bits per heavy atom. The molecule has 3 atom stereocenters. The highest BCUT2D eigenvalue weighted by Crippen LogP contribution is 2.56. The molecule has 2 bridgehead atoms. The number of hydrogen-bond acceptors (Lipinski definition) is 1. The van der Waals surface area contributed by atoms with Crippen molar-refractivity contribution in [3.8, 4) is 0 Å². The molecule has 3 unspecified atom stereocenters. The van der Waals surface area contributed by atoms with Gasteiger partial charge in [0, 0.05) is 6.42 Å². The quantitative estimate of drug-likeness (QED) is 0.477. The van der Waals surface area contributed by atoms with Crippen molar-refractivity contribution in [3.63, 3.8) is 0 Å². The molecule has 1 nitrogen and oxygen atoms in total. The van der Waals surface area contributed by atoms with Gasteiger partial charge in [0.05, 0.1) is 0 Å². The van der Waals surface area contributed by atoms with Crippen molar-refractivity contribution in [2.75, 3.05) is 0 Å². The lowest BCUT2D eigenvalue weighted by atomic mass is 9.71. The molecule has 1 heteroatoms. The average molecular weight is 176 g/mol. The fourth-order valence-corrected chi connectivity index (χ4v) is 2.80. The highest BCUT2D eigenvalue weighted by atomic mass is 16.1. The summed E-state index contributed by atoms with van der Waals surface area (Å²) in [5.74, 6) is 1.24. The first-order valence-electron chi connectivity index (χ1n) is 4.99. The fraction of sp³-hybridized carbons (Fsp3) is 0.583. The molecule has 0 amide bonds. The number of rotatable bonds is 3. The zero-order valence-corrected chi connectivity index (χ0v) is 8.12. The van der Waals surface area contributed by atoms with E-state index in [0.29, 0.717) is 18.3 Å². The summed E-state index contributed by atoms with van der Waals surface area (Å²) >= 11 is 0. The minimum absolute atomic E-state index is 0.209. The van der Waals surface area contributed by atoms with Gasteiger partial charge in [0.15, 0.2) is 0 Å². The van der Waals surface area contributed by atoms with Gasteiger partial charge in [-0.2, -0.15) is 0 Å². The van der Waals surface area contributed by atoms with Gasteiger partial charge in [-0.1, -0.05) is 31.2 Å². The van der Waals surface area contributed by atoms with Crippen LogP contribution in [-0.4, -0.2) is 6.29 Å². The van der Waals surface area contributed by atoms with Crippen molar-refractivity contribution in [1.82, 2.24) is 0 Å². The van der Waals surface area contributed by atoms with Gasteiger partial charge in [0.25, 0.3) is 0 Å². The second kappa shape index (κ2) is 2.83. The smallest absolute Gasteiger partial charge is 0.120 e. The minimum Gasteiger partial charge on any atom is -0.303 e. The maximum Gasteiger partial charge on any atom is 0.120 e. The van der Waals surface area contributed by atoms with E-state index in [0.717, 1.165) is 12.7 Å². The highest BCUT2D eigenvalue weighted by molar-refractivity contribution is 5.50. The first-order valence-corrected chi connectivity index (χ1v) is 4.99. The van der Waals surface area contributed by atoms with E-state index in [4.69, 9.17) is 0 Å². The largest absolute Gasteiger partial charge is 0.303 e. The van der Waals surface area contributed by atoms with Gasteiger partial charge in [-0.15, -0.1) is 0 Å². The Morgan fingerprint density at radius 1 is 1.69 bits per heavy atom. The van der Waals surface area contributed by atoms with E-state index < -0.39 is 0 Å². The van der Waals surface area contributed by atoms with Crippen LogP contribution in [0, 0.1) is 17.3 Å². The molecule has 13 heavy (non-hydrogen) atoms. The molecule has 0 aromatic rings. The molecule has 0 heterocycles. The van der Waals surface area contributed by atoms with Gasteiger partial charge < -0.3 is 4.79 Å². The third-order valence-electron chi connectivity index (χ3n) is 3.86. The minimum atomic E-state index is 0.209. The summed E-state index contributed by atoms with van der Waals surface area (Å²) in [5, 5.41) is 0. The van der Waals surface area contributed by atoms with Crippen LogP contribution in [0.25, 0.3) is 0 Å². The Hall–Kier alpha value is -0.850. The average Bonchev–Trinajstić information content (AvgIpc) is 2.68. The van der Waals surface area contributed by atoms with E-state index >= 15 is 0 Å². The number of allylic oxidation sites excluding steroid dienone is 3. The van der Waals surface area contributed by atoms with E-state index in [9.17, 15) is 4.79 Å². The normalized spacial score (nSPS) is 41.5. The Balaban J connectivity index is 2.18. The SMILES string of the molecule is C=C1C2C=CC(C2)C1(C)CCC=O. The number of fused-ring (bicyclic) bond motifs is 2. The van der Waals surface area contributed by atoms with Crippen LogP contribution in [-0.2, 0) is 4.79 Å². The predicted octanol–water partition coefficient (Wildman–Crippen LogP) is 2.73. The Labute approximate surface area is 79.5 Å². The fourth-order valence-electron chi connectivity index (χ4n) is 2.80. The lowest BCUT2D eigenvalue weighted by Crippen LogP contribution is -2.23. The number of carbonyl (C=O) groups excluding carboxylic acids is 1. The summed E-state index contributed by atoms with van der Waals surface area (Å²) in [5.41, 5.74) is 1.56. The molecule has 70 valence electrons. The zero-order valence-electron chi connectivity index (χ0n) is 8.12. The van der Waals surface area contributed by atoms with Gasteiger partial charge in [-0.25, -0.2) is 0 Å². The van der Waals surface area contributed by atoms with Crippen LogP contribution in [0.3, 0.4) is 0 Å². The maximum absolute atomic E-state index is 10.4. The summed E-state index contributed by atoms with van der Waals surface area (Å²) in [6.07, 6.45) is 8.48. The van der Waals surface area contributed by atoms with Crippen molar-refractivity contribution >= 4 is 6.29 Å². The van der Waals surface area contributed by atoms with Crippen molar-refractivity contribution < 1.29 is 4.79 Å². The summed E-state index contributed by atoms with van der Waals surface area (Å²) in [6, 6.07) is 0. The Morgan fingerprint density at radius 3 is 3.00 bits per heavy atom. The van der Waals surface area contributed by atoms with Crippen molar-refractivity contribution in [1.29, 1.82) is 0 Å². The van der Waals surface area contributed by atoms with E-state index in [1.165, 1.54) is 12.0 Å². The zero-order chi connectivity index (χ0) is 9.47. The van der Waals surface area contributed by atoms with Gasteiger partial charge >= 0.3 is 0 Å². The molecular weight excluding hydrogens is 160 g/mol. The monoisotopic (exact) mass is 176 g/mol. The van der Waals surface area contributed by atoms with E-state index in [1.807, 2.05) is 0 Å². The van der Waals surface area contributed by atoms with Gasteiger partial charge in [0.2, 0.25) is 0 Å². The van der Waals surface area contributed by atoms with Crippen LogP contribution in [0.4, 0.5) is 0 Å². The molecule has 2 aliphatic rings. The molecule has 0 aromatic carbocycles. The molecule has 0 N–H and O–H groups in total. The van der Waals surface area contributed by atoms with Crippen LogP contribution < -0.4 is 0 Å². The molecule has 0 radical (unpaired) electrons. The number of aldehydes is 1. The third kappa shape index (κ3) is 1.10. The summed E-state index contributed by atoms with van der Waals surface area (Å²) in [4.78, 5) is 10.4. The van der Waals surface area contributed by atoms with E-state index in [2.05, 4.69) is 25.7 Å². The molecule has 0 aromatic heterocycles. The van der Waals surface area contributed by atoms with Crippen LogP contribution in [0.15, 0.2) is 24.3 Å². The molecule has 1 fully saturated rings. The second-order valence-electron chi connectivity index (χ2n) is 4.48. The van der Waals surface area contributed by atoms with Gasteiger partial charge in [0.1, 0.15) is 6.29 Å². The third-order valence-corrected chi connectivity index (χ3v) is 3.86. The molecule has 2 aliphatic carbocycles. The predicted molar refractivity (Wildman–Crippen MR) is 53.3 cm³/mol. The van der Waals surface area contributed by atoms with E-state index in [1.54, 1.807) is 0 Å². The van der Waals surface area contributed by atoms with Crippen molar-refractivity contribution in [2.45, 2.75) is 26.2 Å². The highest BCUT2D eigenvalue weighted by Gasteiger charge is 2.47. The number of hydrogen-bond donors (Lipinski definition) is 0. The molecule has 0 aliphatic heterocycles. The molecule has 0 saturated heterocycles. The lowest BCUT2D eigenvalue weighted by molar-refractivity contribution is -0.108. The Bertz CT molecular complexity index is 277. The molecular formula is C12H16O. The van der Waals surface area contributed by atoms with Crippen molar-refractivity contribution in [2.24, 2.45) is 17.3 Å². The van der Waals surface area contributed by atoms with Crippen LogP contribution in [0.2, 0.25) is 0 Å². The first-order chi connectivity index (χ1) is 6.18. The van der Waals surface area contributed by atoms with Gasteiger partial charge in [-0.3, -0.25) is 0 Å². The standard InChI is InChI=1S/C12H16O/c1-9-10-4-5-11(8-10)12(9,2)6-3-7-13/h4-5,7,10-11H,1,3,6,8H2,2H3. The molecule has 1 saturated carbocycles. The van der Waals surface area contributed by atoms with Gasteiger partial charge in [-0.05, 0) is 30.1 Å². The summed E-state index contributed by atoms with van der Waals surface area (Å²) < 4.78 is 0. The lowest BCUT2D eigenvalue weighted by Gasteiger charge is -2.33. The second-order valence-corrected chi connectivity index (χ2v) is 4.48. The number of carbonyl (C=O) groups is 1. The maximum atomic E-state index is 10.4. The summed E-state index contributed by atoms with van der Waals surface area (Å²) in [7, 11) is 0. The van der Waals surface area contributed by atoms with Crippen molar-refractivity contribution in [3.05, 3.63) is 24.3 Å². The van der Waals surface area contributed by atoms with Crippen LogP contribution in [0.5, 0.6) is 0 Å². The molecule has 0 spiro atoms. The van der Waals surface area contributed by atoms with Crippen LogP contribution in [0.1, 0.15) is 26.2 Å². The first kappa shape index (κ1) is 8.74. The van der Waals surface area contributed by atoms with Crippen LogP contribution >= 0.6 is 0 Å². The molecule has 2 rings (SSSR count). The Kier molecular flexibility index (Phi) is 1.90. The topological polar surface area (TPSA) is 17.1 Å². The summed E-state index contributed by atoms with van der Waals surface area (Å²) in [6.45, 7) is 6.43. The van der Waals surface area contributed by atoms with E-state index in [-0.39, 0.29) is 5.41 Å².